The average Bonchev–Trinajstić information content (AvgIpc) is 1.58. The Morgan fingerprint density at radius 2 is 0.511 bits per heavy atom. The fourth-order valence-corrected chi connectivity index (χ4v) is 14.8. The predicted octanol–water partition coefficient (Wildman–Crippen LogP) is 25.1. The van der Waals surface area contributed by atoms with Crippen LogP contribution in [0, 0.1) is 6.92 Å². The molecule has 0 radical (unpaired) electrons. The minimum absolute atomic E-state index is 0.197. The maximum absolute atomic E-state index is 2.44. The summed E-state index contributed by atoms with van der Waals surface area (Å²) in [4.78, 5) is 4.83. The van der Waals surface area contributed by atoms with Gasteiger partial charge in [-0.25, -0.2) is 0 Å². The molecule has 0 N–H and O–H groups in total. The third-order valence-corrected chi connectivity index (χ3v) is 19.9. The number of nitrogens with zero attached hydrogens (tertiary/aromatic N) is 2. The van der Waals surface area contributed by atoms with Crippen molar-refractivity contribution in [3.8, 4) is 89.0 Å². The molecule has 0 amide bonds. The monoisotopic (exact) mass is 1200 g/mol. The molecule has 0 atom stereocenters. The Bertz CT molecular complexity index is 5120. The Labute approximate surface area is 554 Å². The fraction of sp³-hybridized carbons (Fsp3) is 0.0870. The number of rotatable bonds is 14. The van der Waals surface area contributed by atoms with Gasteiger partial charge in [0.15, 0.2) is 0 Å². The van der Waals surface area contributed by atoms with Crippen molar-refractivity contribution in [3.63, 3.8) is 0 Å². The first kappa shape index (κ1) is 57.8. The summed E-state index contributed by atoms with van der Waals surface area (Å²) >= 11 is 0. The van der Waals surface area contributed by atoms with Gasteiger partial charge in [0.25, 0.3) is 0 Å². The zero-order valence-corrected chi connectivity index (χ0v) is 53.9. The molecule has 0 saturated carbocycles. The van der Waals surface area contributed by atoms with Crippen LogP contribution in [0.3, 0.4) is 0 Å². The topological polar surface area (TPSA) is 6.48 Å². The van der Waals surface area contributed by atoms with Gasteiger partial charge in [0, 0.05) is 45.0 Å². The Kier molecular flexibility index (Phi) is 14.6. The van der Waals surface area contributed by atoms with Crippen LogP contribution in [0.15, 0.2) is 334 Å². The molecule has 2 heteroatoms. The fourth-order valence-electron chi connectivity index (χ4n) is 14.8. The van der Waals surface area contributed by atoms with Crippen LogP contribution in [0.1, 0.15) is 66.6 Å². The van der Waals surface area contributed by atoms with Gasteiger partial charge in [-0.05, 0) is 232 Å². The number of hydrogen-bond acceptors (Lipinski definition) is 2. The van der Waals surface area contributed by atoms with Crippen molar-refractivity contribution in [1.82, 2.24) is 0 Å². The SMILES string of the molecule is Cc1cccc(N(c2cccc(Cc3ccc(-c4ccc(-c5ccc6c(c5)C(C)(C)c5cc(N(c7ccccc7)c7ccc(-c8cccc(-c9ccccc9)c8)cc7)ccc5-6)cc4)cc3)c2)c2ccc3c(c2)C(C)(C)c2cc(-c4ccc(-c5ccccc5)cc4)ccc2-3)c1. The lowest BCUT2D eigenvalue weighted by Crippen LogP contribution is -2.17. The smallest absolute Gasteiger partial charge is 0.0465 e. The lowest BCUT2D eigenvalue weighted by Gasteiger charge is -2.28. The minimum atomic E-state index is -0.214. The molecule has 14 aromatic carbocycles. The number of aryl methyl sites for hydroxylation is 1. The lowest BCUT2D eigenvalue weighted by molar-refractivity contribution is 0.660. The Hall–Kier alpha value is -11.3. The quantitative estimate of drug-likeness (QED) is 0.107. The number of hydrogen-bond donors (Lipinski definition) is 0. The highest BCUT2D eigenvalue weighted by Gasteiger charge is 2.38. The molecule has 94 heavy (non-hydrogen) atoms. The molecule has 0 saturated heterocycles. The maximum Gasteiger partial charge on any atom is 0.0465 e. The summed E-state index contributed by atoms with van der Waals surface area (Å²) in [7, 11) is 0. The van der Waals surface area contributed by atoms with E-state index in [2.05, 4.69) is 378 Å². The van der Waals surface area contributed by atoms with Crippen molar-refractivity contribution < 1.29 is 0 Å². The van der Waals surface area contributed by atoms with Gasteiger partial charge in [-0.1, -0.05) is 270 Å². The second-order valence-electron chi connectivity index (χ2n) is 26.6. The van der Waals surface area contributed by atoms with E-state index in [0.717, 1.165) is 40.5 Å². The van der Waals surface area contributed by atoms with Gasteiger partial charge in [0.05, 0.1) is 0 Å². The zero-order chi connectivity index (χ0) is 63.5. The van der Waals surface area contributed by atoms with Crippen molar-refractivity contribution in [1.29, 1.82) is 0 Å². The molecule has 0 aromatic heterocycles. The molecule has 0 unspecified atom stereocenters. The van der Waals surface area contributed by atoms with Gasteiger partial charge in [-0.15, -0.1) is 0 Å². The van der Waals surface area contributed by atoms with E-state index in [1.54, 1.807) is 0 Å². The van der Waals surface area contributed by atoms with Crippen LogP contribution in [-0.4, -0.2) is 0 Å². The van der Waals surface area contributed by atoms with Crippen LogP contribution in [0.2, 0.25) is 0 Å². The molecule has 2 nitrogen and oxygen atoms in total. The van der Waals surface area contributed by atoms with Gasteiger partial charge in [-0.3, -0.25) is 0 Å². The Morgan fingerprint density at radius 1 is 0.213 bits per heavy atom. The van der Waals surface area contributed by atoms with Crippen LogP contribution in [0.4, 0.5) is 34.1 Å². The first-order valence-corrected chi connectivity index (χ1v) is 33.0. The molecule has 0 fully saturated rings. The van der Waals surface area contributed by atoms with Gasteiger partial charge < -0.3 is 9.80 Å². The van der Waals surface area contributed by atoms with E-state index in [1.165, 1.54) is 128 Å². The highest BCUT2D eigenvalue weighted by molar-refractivity contribution is 5.90. The summed E-state index contributed by atoms with van der Waals surface area (Å²) in [6.07, 6.45) is 0.823. The lowest BCUT2D eigenvalue weighted by atomic mass is 9.81. The summed E-state index contributed by atoms with van der Waals surface area (Å²) in [5, 5.41) is 0. The van der Waals surface area contributed by atoms with Gasteiger partial charge >= 0.3 is 0 Å². The highest BCUT2D eigenvalue weighted by atomic mass is 15.1. The molecule has 14 aromatic rings. The summed E-state index contributed by atoms with van der Waals surface area (Å²) < 4.78 is 0. The largest absolute Gasteiger partial charge is 0.310 e. The molecular formula is C92H72N2. The van der Waals surface area contributed by atoms with E-state index < -0.39 is 0 Å². The normalized spacial score (nSPS) is 12.9. The van der Waals surface area contributed by atoms with Gasteiger partial charge in [0.2, 0.25) is 0 Å². The number of benzene rings is 14. The molecule has 450 valence electrons. The van der Waals surface area contributed by atoms with E-state index in [4.69, 9.17) is 0 Å². The summed E-state index contributed by atoms with van der Waals surface area (Å²) in [5.74, 6) is 0. The molecule has 0 bridgehead atoms. The van der Waals surface area contributed by atoms with E-state index in [1.807, 2.05) is 0 Å². The number of fused-ring (bicyclic) bond motifs is 6. The van der Waals surface area contributed by atoms with Crippen LogP contribution in [0.25, 0.3) is 89.0 Å². The third kappa shape index (κ3) is 10.7. The van der Waals surface area contributed by atoms with Crippen molar-refractivity contribution in [3.05, 3.63) is 373 Å². The molecule has 2 aliphatic carbocycles. The predicted molar refractivity (Wildman–Crippen MR) is 398 cm³/mol. The number of para-hydroxylation sites is 1. The van der Waals surface area contributed by atoms with Crippen molar-refractivity contribution in [2.75, 3.05) is 9.80 Å². The minimum Gasteiger partial charge on any atom is -0.310 e. The van der Waals surface area contributed by atoms with Crippen molar-refractivity contribution >= 4 is 34.1 Å². The zero-order valence-electron chi connectivity index (χ0n) is 53.9. The Balaban J connectivity index is 0.618. The van der Waals surface area contributed by atoms with Crippen molar-refractivity contribution in [2.45, 2.75) is 51.9 Å². The van der Waals surface area contributed by atoms with Crippen LogP contribution < -0.4 is 9.80 Å². The molecular weight excluding hydrogens is 1130 g/mol. The standard InChI is InChI=1S/C92H72N2/c1-62-18-15-28-79(54-62)94(82-49-53-86-84-51-44-75(58-88(84)92(4,5)90(86)61-82)70-38-34-68(35-39-70)65-20-9-6-10-21-65)80-29-16-19-64(56-80)55-63-30-32-67(33-31-63)69-36-40-71(41-37-69)76-45-50-83-85-52-48-81(60-89(85)91(2,3)87(83)59-76)93(77-26-13-8-14-27-77)78-46-42-72(43-47-78)74-25-17-24-73(57-74)66-22-11-7-12-23-66/h6-54,56-61H,55H2,1-5H3. The first-order valence-electron chi connectivity index (χ1n) is 33.0. The number of anilines is 6. The molecule has 2 aliphatic rings. The highest BCUT2D eigenvalue weighted by Crippen LogP contribution is 2.54. The van der Waals surface area contributed by atoms with E-state index >= 15 is 0 Å². The average molecular weight is 1210 g/mol. The van der Waals surface area contributed by atoms with Gasteiger partial charge in [-0.2, -0.15) is 0 Å². The second-order valence-corrected chi connectivity index (χ2v) is 26.6. The van der Waals surface area contributed by atoms with Crippen LogP contribution in [0.5, 0.6) is 0 Å². The Morgan fingerprint density at radius 3 is 1.00 bits per heavy atom. The first-order chi connectivity index (χ1) is 46.0. The second kappa shape index (κ2) is 23.7. The summed E-state index contributed by atoms with van der Waals surface area (Å²) in [6.45, 7) is 11.7. The van der Waals surface area contributed by atoms with Gasteiger partial charge in [0.1, 0.15) is 0 Å². The van der Waals surface area contributed by atoms with Crippen LogP contribution in [-0.2, 0) is 17.3 Å². The molecule has 16 rings (SSSR count). The van der Waals surface area contributed by atoms with E-state index in [9.17, 15) is 0 Å². The maximum atomic E-state index is 2.44. The van der Waals surface area contributed by atoms with E-state index in [0.29, 0.717) is 0 Å². The molecule has 0 aliphatic heterocycles. The summed E-state index contributed by atoms with van der Waals surface area (Å²) in [6, 6.07) is 123. The third-order valence-electron chi connectivity index (χ3n) is 19.9. The van der Waals surface area contributed by atoms with Crippen LogP contribution >= 0.6 is 0 Å². The molecule has 0 spiro atoms. The summed E-state index contributed by atoms with van der Waals surface area (Å²) in [5.41, 5.74) is 35.5. The van der Waals surface area contributed by atoms with Crippen molar-refractivity contribution in [2.24, 2.45) is 0 Å². The molecule has 0 heterocycles. The van der Waals surface area contributed by atoms with E-state index in [-0.39, 0.29) is 10.8 Å².